The fraction of sp³-hybridized carbons (Fsp3) is 0.167. The van der Waals surface area contributed by atoms with Gasteiger partial charge in [0.15, 0.2) is 12.4 Å². The van der Waals surface area contributed by atoms with E-state index in [1.807, 2.05) is 11.6 Å². The van der Waals surface area contributed by atoms with Crippen LogP contribution in [-0.4, -0.2) is 4.98 Å². The van der Waals surface area contributed by atoms with Gasteiger partial charge >= 0.3 is 0 Å². The van der Waals surface area contributed by atoms with Gasteiger partial charge < -0.3 is 4.98 Å². The maximum Gasteiger partial charge on any atom is 0.169 e. The number of hydrogen-bond donors (Lipinski definition) is 1. The smallest absolute Gasteiger partial charge is 0.169 e. The zero-order chi connectivity index (χ0) is 14.1. The van der Waals surface area contributed by atoms with Crippen LogP contribution in [0.2, 0.25) is 0 Å². The Morgan fingerprint density at radius 2 is 1.71 bits per heavy atom. The number of rotatable bonds is 2. The number of halogens is 1. The highest BCUT2D eigenvalue weighted by molar-refractivity contribution is 14.0. The van der Waals surface area contributed by atoms with Crippen molar-refractivity contribution in [2.75, 3.05) is 0 Å². The topological polar surface area (TPSA) is 19.7 Å². The largest absolute Gasteiger partial charge is 0.358 e. The number of H-pyrrole nitrogens is 1. The van der Waals surface area contributed by atoms with E-state index in [4.69, 9.17) is 0 Å². The van der Waals surface area contributed by atoms with Crippen molar-refractivity contribution in [2.45, 2.75) is 13.8 Å². The van der Waals surface area contributed by atoms with Gasteiger partial charge in [0, 0.05) is 34.3 Å². The molecular formula is C18H20IN2+. The SMILES string of the molecule is Cc1ccc2[nH]c(C)c(/C=C/c3cc[n+](C)cc3)c2c1.I. The molecule has 0 aliphatic heterocycles. The standard InChI is InChI=1S/C18H18N2.HI/c1-13-4-7-18-17(12-13)16(14(2)19-18)6-5-15-8-10-20(3)11-9-15;/h4-12H,1-3H3;1H/p+1. The van der Waals surface area contributed by atoms with Gasteiger partial charge in [0.25, 0.3) is 0 Å². The fourth-order valence-corrected chi connectivity index (χ4v) is 2.48. The lowest BCUT2D eigenvalue weighted by molar-refractivity contribution is -0.671. The Hall–Kier alpha value is -1.62. The van der Waals surface area contributed by atoms with E-state index in [0.29, 0.717) is 0 Å². The second kappa shape index (κ2) is 6.43. The molecule has 0 saturated carbocycles. The summed E-state index contributed by atoms with van der Waals surface area (Å²) in [6, 6.07) is 10.8. The zero-order valence-electron chi connectivity index (χ0n) is 12.6. The number of aromatic nitrogens is 2. The third kappa shape index (κ3) is 3.35. The molecule has 0 spiro atoms. The Labute approximate surface area is 142 Å². The Balaban J connectivity index is 0.00000161. The molecule has 108 valence electrons. The van der Waals surface area contributed by atoms with Crippen molar-refractivity contribution in [2.24, 2.45) is 7.05 Å². The maximum atomic E-state index is 3.44. The summed E-state index contributed by atoms with van der Waals surface area (Å²) in [5.41, 5.74) is 6.19. The summed E-state index contributed by atoms with van der Waals surface area (Å²) in [6.45, 7) is 4.26. The molecule has 2 aromatic heterocycles. The first-order chi connectivity index (χ1) is 9.63. The van der Waals surface area contributed by atoms with Crippen LogP contribution in [0.25, 0.3) is 23.1 Å². The van der Waals surface area contributed by atoms with Crippen LogP contribution in [0.3, 0.4) is 0 Å². The van der Waals surface area contributed by atoms with E-state index < -0.39 is 0 Å². The quantitative estimate of drug-likeness (QED) is 0.494. The van der Waals surface area contributed by atoms with Gasteiger partial charge in [0.1, 0.15) is 7.05 Å². The second-order valence-electron chi connectivity index (χ2n) is 5.34. The number of nitrogens with zero attached hydrogens (tertiary/aromatic N) is 1. The van der Waals surface area contributed by atoms with Crippen LogP contribution in [-0.2, 0) is 7.05 Å². The predicted molar refractivity (Wildman–Crippen MR) is 99.7 cm³/mol. The highest BCUT2D eigenvalue weighted by atomic mass is 127. The van der Waals surface area contributed by atoms with Gasteiger partial charge in [-0.15, -0.1) is 24.0 Å². The van der Waals surface area contributed by atoms with E-state index in [1.54, 1.807) is 0 Å². The molecule has 1 N–H and O–H groups in total. The second-order valence-corrected chi connectivity index (χ2v) is 5.34. The number of fused-ring (bicyclic) bond motifs is 1. The van der Waals surface area contributed by atoms with Crippen molar-refractivity contribution in [3.63, 3.8) is 0 Å². The lowest BCUT2D eigenvalue weighted by Crippen LogP contribution is -2.25. The molecule has 0 amide bonds. The van der Waals surface area contributed by atoms with Gasteiger partial charge in [-0.1, -0.05) is 23.8 Å². The Morgan fingerprint density at radius 1 is 1.00 bits per heavy atom. The summed E-state index contributed by atoms with van der Waals surface area (Å²) in [4.78, 5) is 3.44. The maximum absolute atomic E-state index is 3.44. The number of aromatic amines is 1. The summed E-state index contributed by atoms with van der Waals surface area (Å²) >= 11 is 0. The average molecular weight is 391 g/mol. The molecule has 1 aromatic carbocycles. The van der Waals surface area contributed by atoms with Crippen LogP contribution in [0.5, 0.6) is 0 Å². The van der Waals surface area contributed by atoms with E-state index in [-0.39, 0.29) is 24.0 Å². The number of nitrogens with one attached hydrogen (secondary N) is 1. The third-order valence-corrected chi connectivity index (χ3v) is 3.64. The summed E-state index contributed by atoms with van der Waals surface area (Å²) in [6.07, 6.45) is 8.48. The minimum Gasteiger partial charge on any atom is -0.358 e. The lowest BCUT2D eigenvalue weighted by Gasteiger charge is -1.96. The van der Waals surface area contributed by atoms with Crippen LogP contribution in [0.15, 0.2) is 42.7 Å². The van der Waals surface area contributed by atoms with E-state index in [9.17, 15) is 0 Å². The minimum atomic E-state index is 0. The Bertz CT molecular complexity index is 783. The normalized spacial score (nSPS) is 11.0. The average Bonchev–Trinajstić information content (AvgIpc) is 2.73. The van der Waals surface area contributed by atoms with Crippen molar-refractivity contribution >= 4 is 47.0 Å². The molecule has 0 aliphatic carbocycles. The van der Waals surface area contributed by atoms with Crippen LogP contribution >= 0.6 is 24.0 Å². The van der Waals surface area contributed by atoms with Crippen molar-refractivity contribution in [3.05, 3.63) is 65.1 Å². The molecule has 0 bridgehead atoms. The first-order valence-electron chi connectivity index (χ1n) is 6.86. The van der Waals surface area contributed by atoms with Gasteiger partial charge in [-0.3, -0.25) is 0 Å². The Morgan fingerprint density at radius 3 is 2.43 bits per heavy atom. The van der Waals surface area contributed by atoms with E-state index in [0.717, 1.165) is 0 Å². The molecule has 3 heteroatoms. The monoisotopic (exact) mass is 391 g/mol. The van der Waals surface area contributed by atoms with E-state index in [1.165, 1.54) is 33.3 Å². The third-order valence-electron chi connectivity index (χ3n) is 3.64. The number of aryl methyl sites for hydroxylation is 3. The molecule has 0 saturated heterocycles. The van der Waals surface area contributed by atoms with Crippen molar-refractivity contribution in [1.82, 2.24) is 4.98 Å². The molecule has 21 heavy (non-hydrogen) atoms. The first kappa shape index (κ1) is 15.8. The lowest BCUT2D eigenvalue weighted by atomic mass is 10.1. The molecule has 0 unspecified atom stereocenters. The highest BCUT2D eigenvalue weighted by Crippen LogP contribution is 2.25. The summed E-state index contributed by atoms with van der Waals surface area (Å²) < 4.78 is 2.04. The summed E-state index contributed by atoms with van der Waals surface area (Å²) in [5.74, 6) is 0. The summed E-state index contributed by atoms with van der Waals surface area (Å²) in [5, 5.41) is 1.29. The molecular weight excluding hydrogens is 371 g/mol. The number of pyridine rings is 1. The van der Waals surface area contributed by atoms with Gasteiger partial charge in [-0.2, -0.15) is 0 Å². The minimum absolute atomic E-state index is 0. The predicted octanol–water partition coefficient (Wildman–Crippen LogP) is 4.40. The van der Waals surface area contributed by atoms with Gasteiger partial charge in [-0.25, -0.2) is 4.57 Å². The number of hydrogen-bond acceptors (Lipinski definition) is 0. The number of benzene rings is 1. The summed E-state index contributed by atoms with van der Waals surface area (Å²) in [7, 11) is 2.03. The van der Waals surface area contributed by atoms with Crippen LogP contribution in [0.1, 0.15) is 22.4 Å². The molecule has 0 aliphatic rings. The molecule has 2 heterocycles. The zero-order valence-corrected chi connectivity index (χ0v) is 14.9. The van der Waals surface area contributed by atoms with Crippen molar-refractivity contribution in [1.29, 1.82) is 0 Å². The van der Waals surface area contributed by atoms with Crippen molar-refractivity contribution < 1.29 is 4.57 Å². The molecule has 2 nitrogen and oxygen atoms in total. The van der Waals surface area contributed by atoms with E-state index >= 15 is 0 Å². The molecule has 0 radical (unpaired) electrons. The molecule has 3 aromatic rings. The van der Waals surface area contributed by atoms with Gasteiger partial charge in [-0.05, 0) is 31.5 Å². The van der Waals surface area contributed by atoms with Gasteiger partial charge in [0.2, 0.25) is 0 Å². The highest BCUT2D eigenvalue weighted by Gasteiger charge is 2.05. The van der Waals surface area contributed by atoms with Gasteiger partial charge in [0.05, 0.1) is 0 Å². The van der Waals surface area contributed by atoms with Crippen molar-refractivity contribution in [3.8, 4) is 0 Å². The fourth-order valence-electron chi connectivity index (χ4n) is 2.48. The van der Waals surface area contributed by atoms with Crippen LogP contribution < -0.4 is 4.57 Å². The van der Waals surface area contributed by atoms with Crippen LogP contribution in [0, 0.1) is 13.8 Å². The first-order valence-corrected chi connectivity index (χ1v) is 6.86. The van der Waals surface area contributed by atoms with Crippen LogP contribution in [0.4, 0.5) is 0 Å². The molecule has 0 atom stereocenters. The molecule has 3 rings (SSSR count). The molecule has 0 fully saturated rings. The van der Waals surface area contributed by atoms with E-state index in [2.05, 4.69) is 73.7 Å². The Kier molecular flexibility index (Phi) is 4.83.